The second-order valence-electron chi connectivity index (χ2n) is 6.44. The number of hydrogen-bond acceptors (Lipinski definition) is 3. The highest BCUT2D eigenvalue weighted by Crippen LogP contribution is 2.32. The van der Waals surface area contributed by atoms with Crippen molar-refractivity contribution in [2.45, 2.75) is 19.1 Å². The van der Waals surface area contributed by atoms with Gasteiger partial charge in [-0.05, 0) is 41.8 Å². The Morgan fingerprint density at radius 3 is 2.54 bits per heavy atom. The normalized spacial score (nSPS) is 15.2. The summed E-state index contributed by atoms with van der Waals surface area (Å²) >= 11 is 0. The van der Waals surface area contributed by atoms with Crippen LogP contribution in [0.15, 0.2) is 36.4 Å². The fourth-order valence-electron chi connectivity index (χ4n) is 3.06. The average Bonchev–Trinajstić information content (AvgIpc) is 2.60. The largest absolute Gasteiger partial charge is 0.419 e. The molecule has 1 heterocycles. The minimum atomic E-state index is -4.92. The Hall–Kier alpha value is -2.46. The molecule has 0 unspecified atom stereocenters. The second-order valence-corrected chi connectivity index (χ2v) is 8.42. The highest BCUT2D eigenvalue weighted by molar-refractivity contribution is 7.88. The Morgan fingerprint density at radius 1 is 1.18 bits per heavy atom. The molecule has 28 heavy (non-hydrogen) atoms. The number of rotatable bonds is 3. The number of fused-ring (bicyclic) bond motifs is 1. The maximum Gasteiger partial charge on any atom is 0.419 e. The van der Waals surface area contributed by atoms with E-state index in [1.807, 2.05) is 0 Å². The van der Waals surface area contributed by atoms with Gasteiger partial charge >= 0.3 is 6.18 Å². The maximum absolute atomic E-state index is 13.4. The summed E-state index contributed by atoms with van der Waals surface area (Å²) < 4.78 is 76.7. The van der Waals surface area contributed by atoms with E-state index < -0.39 is 33.5 Å². The van der Waals surface area contributed by atoms with Gasteiger partial charge in [-0.15, -0.1) is 0 Å². The lowest BCUT2D eigenvalue weighted by atomic mass is 9.98. The van der Waals surface area contributed by atoms with E-state index in [1.165, 1.54) is 4.31 Å². The Morgan fingerprint density at radius 2 is 1.89 bits per heavy atom. The molecule has 10 heteroatoms. The molecule has 0 saturated carbocycles. The average molecular weight is 416 g/mol. The summed E-state index contributed by atoms with van der Waals surface area (Å²) in [7, 11) is -3.37. The predicted molar refractivity (Wildman–Crippen MR) is 94.8 cm³/mol. The first-order chi connectivity index (χ1) is 13.0. The fraction of sp³-hybridized carbons (Fsp3) is 0.278. The highest BCUT2D eigenvalue weighted by atomic mass is 32.2. The van der Waals surface area contributed by atoms with Crippen molar-refractivity contribution in [2.24, 2.45) is 0 Å². The molecule has 150 valence electrons. The number of benzene rings is 2. The first-order valence-corrected chi connectivity index (χ1v) is 10.1. The zero-order chi connectivity index (χ0) is 20.7. The number of amides is 1. The van der Waals surface area contributed by atoms with Gasteiger partial charge in [-0.3, -0.25) is 4.79 Å². The van der Waals surface area contributed by atoms with E-state index in [9.17, 15) is 30.8 Å². The minimum Gasteiger partial charge on any atom is -0.322 e. The van der Waals surface area contributed by atoms with Crippen LogP contribution in [0.2, 0.25) is 0 Å². The molecule has 3 rings (SSSR count). The number of hydrogen-bond donors (Lipinski definition) is 1. The Bertz CT molecular complexity index is 1040. The number of nitrogens with zero attached hydrogens (tertiary/aromatic N) is 1. The first-order valence-electron chi connectivity index (χ1n) is 8.21. The van der Waals surface area contributed by atoms with Crippen molar-refractivity contribution in [3.05, 3.63) is 64.5 Å². The van der Waals surface area contributed by atoms with Crippen molar-refractivity contribution in [3.8, 4) is 0 Å². The van der Waals surface area contributed by atoms with Crippen molar-refractivity contribution < 1.29 is 30.8 Å². The third-order valence-electron chi connectivity index (χ3n) is 4.48. The summed E-state index contributed by atoms with van der Waals surface area (Å²) in [5, 5.41) is 2.54. The Balaban J connectivity index is 1.87. The quantitative estimate of drug-likeness (QED) is 0.780. The molecule has 0 radical (unpaired) electrons. The number of nitrogens with one attached hydrogen (secondary N) is 1. The predicted octanol–water partition coefficient (Wildman–Crippen LogP) is 3.41. The summed E-state index contributed by atoms with van der Waals surface area (Å²) in [4.78, 5) is 12.4. The molecule has 1 aliphatic rings. The number of sulfonamides is 1. The van der Waals surface area contributed by atoms with E-state index in [1.54, 1.807) is 18.2 Å². The summed E-state index contributed by atoms with van der Waals surface area (Å²) in [5.74, 6) is -2.27. The van der Waals surface area contributed by atoms with Crippen LogP contribution in [-0.4, -0.2) is 31.4 Å². The number of anilines is 1. The van der Waals surface area contributed by atoms with E-state index in [0.29, 0.717) is 35.4 Å². The van der Waals surface area contributed by atoms with Gasteiger partial charge in [-0.25, -0.2) is 12.8 Å². The summed E-state index contributed by atoms with van der Waals surface area (Å²) in [6, 6.07) is 6.96. The summed E-state index contributed by atoms with van der Waals surface area (Å²) in [5.41, 5.74) is -0.0501. The first kappa shape index (κ1) is 20.3. The van der Waals surface area contributed by atoms with Crippen LogP contribution in [0, 0.1) is 5.82 Å². The smallest absolute Gasteiger partial charge is 0.322 e. The van der Waals surface area contributed by atoms with Gasteiger partial charge in [0, 0.05) is 24.3 Å². The van der Waals surface area contributed by atoms with E-state index in [-0.39, 0.29) is 18.7 Å². The van der Waals surface area contributed by atoms with Crippen LogP contribution < -0.4 is 5.32 Å². The zero-order valence-corrected chi connectivity index (χ0v) is 15.5. The summed E-state index contributed by atoms with van der Waals surface area (Å²) in [6.07, 6.45) is -3.46. The molecule has 2 aromatic rings. The molecule has 0 atom stereocenters. The topological polar surface area (TPSA) is 66.5 Å². The third kappa shape index (κ3) is 4.17. The van der Waals surface area contributed by atoms with E-state index in [4.69, 9.17) is 0 Å². The van der Waals surface area contributed by atoms with Gasteiger partial charge < -0.3 is 5.32 Å². The van der Waals surface area contributed by atoms with Gasteiger partial charge in [0.05, 0.1) is 11.8 Å². The van der Waals surface area contributed by atoms with Crippen LogP contribution in [0.4, 0.5) is 23.2 Å². The second kappa shape index (κ2) is 7.17. The molecule has 0 spiro atoms. The molecule has 1 amide bonds. The molecule has 0 saturated heterocycles. The maximum atomic E-state index is 13.4. The van der Waals surface area contributed by atoms with Gasteiger partial charge in [-0.1, -0.05) is 12.1 Å². The monoisotopic (exact) mass is 416 g/mol. The number of carbonyl (C=O) groups is 1. The van der Waals surface area contributed by atoms with Crippen LogP contribution >= 0.6 is 0 Å². The standard InChI is InChI=1S/C18H16F4N2O3S/c1-28(26,27)24-8-7-13-12(10-24)3-2-4-16(13)23-17(25)11-5-6-15(19)14(9-11)18(20,21)22/h2-6,9H,7-8,10H2,1H3,(H,23,25). The Labute approximate surface area is 159 Å². The molecular formula is C18H16F4N2O3S. The van der Waals surface area contributed by atoms with Crippen LogP contribution in [0.5, 0.6) is 0 Å². The van der Waals surface area contributed by atoms with Crippen molar-refractivity contribution in [3.63, 3.8) is 0 Å². The molecule has 1 aliphatic heterocycles. The van der Waals surface area contributed by atoms with Crippen molar-refractivity contribution in [1.29, 1.82) is 0 Å². The van der Waals surface area contributed by atoms with Gasteiger partial charge in [-0.2, -0.15) is 17.5 Å². The van der Waals surface area contributed by atoms with Gasteiger partial charge in [0.2, 0.25) is 10.0 Å². The van der Waals surface area contributed by atoms with Crippen LogP contribution in [0.3, 0.4) is 0 Å². The number of alkyl halides is 3. The molecule has 1 N–H and O–H groups in total. The molecule has 2 aromatic carbocycles. The van der Waals surface area contributed by atoms with Gasteiger partial charge in [0.15, 0.2) is 0 Å². The Kier molecular flexibility index (Phi) is 5.20. The third-order valence-corrected chi connectivity index (χ3v) is 5.73. The van der Waals surface area contributed by atoms with Crippen LogP contribution in [0.25, 0.3) is 0 Å². The van der Waals surface area contributed by atoms with Crippen molar-refractivity contribution in [2.75, 3.05) is 18.1 Å². The fourth-order valence-corrected chi connectivity index (χ4v) is 3.86. The lowest BCUT2D eigenvalue weighted by Crippen LogP contribution is -2.35. The van der Waals surface area contributed by atoms with Crippen molar-refractivity contribution in [1.82, 2.24) is 4.31 Å². The lowest BCUT2D eigenvalue weighted by Gasteiger charge is -2.28. The number of halogens is 4. The summed E-state index contributed by atoms with van der Waals surface area (Å²) in [6.45, 7) is 0.375. The highest BCUT2D eigenvalue weighted by Gasteiger charge is 2.34. The van der Waals surface area contributed by atoms with Crippen molar-refractivity contribution >= 4 is 21.6 Å². The SMILES string of the molecule is CS(=O)(=O)N1CCc2c(cccc2NC(=O)c2ccc(F)c(C(F)(F)F)c2)C1. The number of carbonyl (C=O) groups excluding carboxylic acids is 1. The van der Waals surface area contributed by atoms with E-state index in [0.717, 1.165) is 12.3 Å². The van der Waals surface area contributed by atoms with Crippen LogP contribution in [-0.2, 0) is 29.2 Å². The molecule has 5 nitrogen and oxygen atoms in total. The molecule has 0 fully saturated rings. The van der Waals surface area contributed by atoms with E-state index in [2.05, 4.69) is 5.32 Å². The zero-order valence-electron chi connectivity index (χ0n) is 14.7. The van der Waals surface area contributed by atoms with Gasteiger partial charge in [0.1, 0.15) is 5.82 Å². The molecule has 0 bridgehead atoms. The van der Waals surface area contributed by atoms with Crippen LogP contribution in [0.1, 0.15) is 27.0 Å². The minimum absolute atomic E-state index is 0.145. The van der Waals surface area contributed by atoms with E-state index >= 15 is 0 Å². The molecule has 0 aromatic heterocycles. The van der Waals surface area contributed by atoms with Gasteiger partial charge in [0.25, 0.3) is 5.91 Å². The molecule has 0 aliphatic carbocycles. The lowest BCUT2D eigenvalue weighted by molar-refractivity contribution is -0.140. The molecular weight excluding hydrogens is 400 g/mol.